The van der Waals surface area contributed by atoms with Crippen LogP contribution in [0, 0.1) is 28.7 Å². The Hall–Kier alpha value is -3.43. The first-order chi connectivity index (χ1) is 13.3. The highest BCUT2D eigenvalue weighted by atomic mass is 19.2. The summed E-state index contributed by atoms with van der Waals surface area (Å²) in [6, 6.07) is 4.12. The lowest BCUT2D eigenvalue weighted by molar-refractivity contribution is -0.385. The van der Waals surface area contributed by atoms with E-state index in [1.54, 1.807) is 6.92 Å². The van der Waals surface area contributed by atoms with E-state index in [0.717, 1.165) is 18.3 Å². The van der Waals surface area contributed by atoms with Gasteiger partial charge in [0.25, 0.3) is 17.5 Å². The second-order valence-corrected chi connectivity index (χ2v) is 6.30. The monoisotopic (exact) mass is 390 g/mol. The molecule has 1 fully saturated rings. The van der Waals surface area contributed by atoms with Gasteiger partial charge in [0.1, 0.15) is 6.20 Å². The molecule has 0 saturated carbocycles. The van der Waals surface area contributed by atoms with Gasteiger partial charge in [-0.15, -0.1) is 0 Å². The number of piperazine rings is 1. The summed E-state index contributed by atoms with van der Waals surface area (Å²) >= 11 is 0. The summed E-state index contributed by atoms with van der Waals surface area (Å²) in [5, 5.41) is 10.9. The molecule has 1 aromatic heterocycles. The van der Waals surface area contributed by atoms with Gasteiger partial charge in [-0.05, 0) is 25.1 Å². The van der Waals surface area contributed by atoms with Gasteiger partial charge in [-0.25, -0.2) is 8.78 Å². The molecule has 0 radical (unpaired) electrons. The SMILES string of the molecule is Cc1ncc([N+](=O)[O-])cc1C(=O)N1CCN(C(=O)c2ccc(F)c(F)c2)CC1. The maximum absolute atomic E-state index is 13.3. The van der Waals surface area contributed by atoms with Crippen LogP contribution in [0.5, 0.6) is 0 Å². The predicted octanol–water partition coefficient (Wildman–Crippen LogP) is 2.17. The highest BCUT2D eigenvalue weighted by Crippen LogP contribution is 2.18. The lowest BCUT2D eigenvalue weighted by Crippen LogP contribution is -2.50. The van der Waals surface area contributed by atoms with Crippen LogP contribution in [-0.4, -0.2) is 57.7 Å². The number of nitro groups is 1. The van der Waals surface area contributed by atoms with Gasteiger partial charge in [0, 0.05) is 37.8 Å². The molecule has 1 saturated heterocycles. The predicted molar refractivity (Wildman–Crippen MR) is 93.8 cm³/mol. The Morgan fingerprint density at radius 3 is 2.21 bits per heavy atom. The van der Waals surface area contributed by atoms with Gasteiger partial charge < -0.3 is 9.80 Å². The summed E-state index contributed by atoms with van der Waals surface area (Å²) < 4.78 is 26.4. The number of rotatable bonds is 3. The fourth-order valence-electron chi connectivity index (χ4n) is 2.93. The molecular formula is C18H16F2N4O4. The average Bonchev–Trinajstić information content (AvgIpc) is 2.69. The third-order valence-corrected chi connectivity index (χ3v) is 4.53. The van der Waals surface area contributed by atoms with Crippen LogP contribution >= 0.6 is 0 Å². The maximum atomic E-state index is 13.3. The maximum Gasteiger partial charge on any atom is 0.288 e. The normalized spacial score (nSPS) is 14.1. The van der Waals surface area contributed by atoms with E-state index >= 15 is 0 Å². The summed E-state index contributed by atoms with van der Waals surface area (Å²) in [6.45, 7) is 2.39. The molecule has 1 aliphatic heterocycles. The van der Waals surface area contributed by atoms with Crippen molar-refractivity contribution in [1.82, 2.24) is 14.8 Å². The van der Waals surface area contributed by atoms with Crippen LogP contribution < -0.4 is 0 Å². The molecule has 2 heterocycles. The van der Waals surface area contributed by atoms with Crippen LogP contribution in [0.3, 0.4) is 0 Å². The minimum atomic E-state index is -1.10. The summed E-state index contributed by atoms with van der Waals surface area (Å²) in [5.41, 5.74) is 0.254. The number of nitrogens with zero attached hydrogens (tertiary/aromatic N) is 4. The lowest BCUT2D eigenvalue weighted by Gasteiger charge is -2.35. The minimum Gasteiger partial charge on any atom is -0.335 e. The third kappa shape index (κ3) is 3.80. The molecule has 0 bridgehead atoms. The molecule has 3 rings (SSSR count). The number of benzene rings is 1. The zero-order chi connectivity index (χ0) is 20.4. The highest BCUT2D eigenvalue weighted by molar-refractivity contribution is 5.97. The Morgan fingerprint density at radius 2 is 1.64 bits per heavy atom. The molecule has 0 aliphatic carbocycles. The Bertz CT molecular complexity index is 959. The molecule has 2 amide bonds. The van der Waals surface area contributed by atoms with Crippen molar-refractivity contribution in [1.29, 1.82) is 0 Å². The van der Waals surface area contributed by atoms with Crippen LogP contribution in [0.15, 0.2) is 30.5 Å². The van der Waals surface area contributed by atoms with Crippen LogP contribution in [-0.2, 0) is 0 Å². The van der Waals surface area contributed by atoms with Gasteiger partial charge in [0.2, 0.25) is 0 Å². The Balaban J connectivity index is 1.69. The van der Waals surface area contributed by atoms with Crippen molar-refractivity contribution < 1.29 is 23.3 Å². The standard InChI is InChI=1S/C18H16F2N4O4/c1-11-14(9-13(10-21-11)24(27)28)18(26)23-6-4-22(5-7-23)17(25)12-2-3-15(19)16(20)8-12/h2-3,8-10H,4-7H2,1H3. The van der Waals surface area contributed by atoms with E-state index in [9.17, 15) is 28.5 Å². The number of aromatic nitrogens is 1. The number of amides is 2. The molecule has 2 aromatic rings. The first-order valence-electron chi connectivity index (χ1n) is 8.42. The average molecular weight is 390 g/mol. The number of halogens is 2. The second-order valence-electron chi connectivity index (χ2n) is 6.30. The van der Waals surface area contributed by atoms with Gasteiger partial charge in [-0.1, -0.05) is 0 Å². The van der Waals surface area contributed by atoms with Crippen molar-refractivity contribution in [2.45, 2.75) is 6.92 Å². The van der Waals surface area contributed by atoms with Crippen LogP contribution in [0.2, 0.25) is 0 Å². The minimum absolute atomic E-state index is 0.0254. The van der Waals surface area contributed by atoms with E-state index in [1.807, 2.05) is 0 Å². The number of pyridine rings is 1. The molecule has 8 nitrogen and oxygen atoms in total. The second kappa shape index (κ2) is 7.67. The molecular weight excluding hydrogens is 374 g/mol. The van der Waals surface area contributed by atoms with Crippen LogP contribution in [0.25, 0.3) is 0 Å². The van der Waals surface area contributed by atoms with Crippen molar-refractivity contribution in [2.75, 3.05) is 26.2 Å². The Morgan fingerprint density at radius 1 is 1.04 bits per heavy atom. The van der Waals surface area contributed by atoms with Crippen molar-refractivity contribution >= 4 is 17.5 Å². The van der Waals surface area contributed by atoms with Crippen molar-refractivity contribution in [2.24, 2.45) is 0 Å². The molecule has 0 unspecified atom stereocenters. The van der Waals surface area contributed by atoms with Crippen molar-refractivity contribution in [3.8, 4) is 0 Å². The van der Waals surface area contributed by atoms with E-state index in [1.165, 1.54) is 21.9 Å². The van der Waals surface area contributed by atoms with Gasteiger partial charge in [0.15, 0.2) is 11.6 Å². The number of aryl methyl sites for hydroxylation is 1. The number of hydrogen-bond acceptors (Lipinski definition) is 5. The van der Waals surface area contributed by atoms with E-state index in [2.05, 4.69) is 4.98 Å². The van der Waals surface area contributed by atoms with Crippen LogP contribution in [0.1, 0.15) is 26.4 Å². The molecule has 28 heavy (non-hydrogen) atoms. The third-order valence-electron chi connectivity index (χ3n) is 4.53. The van der Waals surface area contributed by atoms with Gasteiger partial charge in [-0.2, -0.15) is 0 Å². The quantitative estimate of drug-likeness (QED) is 0.591. The molecule has 146 valence electrons. The molecule has 0 atom stereocenters. The van der Waals surface area contributed by atoms with Gasteiger partial charge in [0.05, 0.1) is 16.2 Å². The zero-order valence-corrected chi connectivity index (χ0v) is 14.9. The smallest absolute Gasteiger partial charge is 0.288 e. The van der Waals surface area contributed by atoms with Crippen molar-refractivity contribution in [3.63, 3.8) is 0 Å². The topological polar surface area (TPSA) is 96.6 Å². The highest BCUT2D eigenvalue weighted by Gasteiger charge is 2.27. The van der Waals surface area contributed by atoms with Gasteiger partial charge in [-0.3, -0.25) is 24.7 Å². The van der Waals surface area contributed by atoms with Crippen molar-refractivity contribution in [3.05, 3.63) is 69.0 Å². The Kier molecular flexibility index (Phi) is 5.30. The van der Waals surface area contributed by atoms with Gasteiger partial charge >= 0.3 is 0 Å². The van der Waals surface area contributed by atoms with E-state index in [4.69, 9.17) is 0 Å². The fraction of sp³-hybridized carbons (Fsp3) is 0.278. The summed E-state index contributed by atoms with van der Waals surface area (Å²) in [6.07, 6.45) is 1.09. The molecule has 1 aromatic carbocycles. The lowest BCUT2D eigenvalue weighted by atomic mass is 10.1. The summed E-state index contributed by atoms with van der Waals surface area (Å²) in [7, 11) is 0. The summed E-state index contributed by atoms with van der Waals surface area (Å²) in [5.74, 6) is -3.01. The molecule has 0 N–H and O–H groups in total. The van der Waals surface area contributed by atoms with E-state index in [0.29, 0.717) is 5.69 Å². The molecule has 1 aliphatic rings. The first kappa shape index (κ1) is 19.3. The van der Waals surface area contributed by atoms with E-state index in [-0.39, 0.29) is 43.0 Å². The largest absolute Gasteiger partial charge is 0.335 e. The first-order valence-corrected chi connectivity index (χ1v) is 8.42. The molecule has 10 heteroatoms. The van der Waals surface area contributed by atoms with E-state index < -0.39 is 28.4 Å². The number of carbonyl (C=O) groups excluding carboxylic acids is 2. The fourth-order valence-corrected chi connectivity index (χ4v) is 2.93. The number of carbonyl (C=O) groups is 2. The van der Waals surface area contributed by atoms with Crippen LogP contribution in [0.4, 0.5) is 14.5 Å². The molecule has 0 spiro atoms. The number of hydrogen-bond donors (Lipinski definition) is 0. The Labute approximate surface area is 158 Å². The zero-order valence-electron chi connectivity index (χ0n) is 14.9. The summed E-state index contributed by atoms with van der Waals surface area (Å²) in [4.78, 5) is 42.2.